The van der Waals surface area contributed by atoms with Crippen LogP contribution in [0.1, 0.15) is 43.4 Å². The Balaban J connectivity index is 1.43. The predicted molar refractivity (Wildman–Crippen MR) is 109 cm³/mol. The molecule has 1 fully saturated rings. The number of carbonyl (C=O) groups excluding carboxylic acids is 2. The summed E-state index contributed by atoms with van der Waals surface area (Å²) in [6.07, 6.45) is 3.11. The minimum absolute atomic E-state index is 0.0186. The minimum Gasteiger partial charge on any atom is -0.484 e. The van der Waals surface area contributed by atoms with Crippen molar-refractivity contribution in [3.8, 4) is 5.75 Å². The number of hydrogen-bond acceptors (Lipinski definition) is 4. The number of aryl methyl sites for hydroxylation is 1. The Hall–Kier alpha value is -3.02. The second-order valence-electron chi connectivity index (χ2n) is 7.19. The molecule has 2 amide bonds. The number of hydrogen-bond donors (Lipinski definition) is 3. The van der Waals surface area contributed by atoms with Crippen molar-refractivity contribution in [2.24, 2.45) is 0 Å². The SMILES string of the molecule is CC(NC(=O)CCc1ccccc1N)c1ccc(OCC(=O)NC2CC2)cc1. The van der Waals surface area contributed by atoms with Gasteiger partial charge in [0.15, 0.2) is 6.61 Å². The van der Waals surface area contributed by atoms with Crippen molar-refractivity contribution in [2.45, 2.75) is 44.7 Å². The highest BCUT2D eigenvalue weighted by Crippen LogP contribution is 2.20. The minimum atomic E-state index is -0.118. The number of rotatable bonds is 9. The molecule has 0 saturated heterocycles. The van der Waals surface area contributed by atoms with Crippen LogP contribution in [-0.4, -0.2) is 24.5 Å². The van der Waals surface area contributed by atoms with Gasteiger partial charge in [-0.1, -0.05) is 30.3 Å². The van der Waals surface area contributed by atoms with E-state index in [1.165, 1.54) is 0 Å². The van der Waals surface area contributed by atoms with Crippen molar-refractivity contribution in [1.82, 2.24) is 10.6 Å². The van der Waals surface area contributed by atoms with Crippen LogP contribution < -0.4 is 21.1 Å². The van der Waals surface area contributed by atoms with Gasteiger partial charge in [-0.2, -0.15) is 0 Å². The van der Waals surface area contributed by atoms with Crippen LogP contribution in [0.3, 0.4) is 0 Å². The topological polar surface area (TPSA) is 93.5 Å². The molecule has 1 unspecified atom stereocenters. The molecule has 1 saturated carbocycles. The molecule has 0 bridgehead atoms. The number of carbonyl (C=O) groups is 2. The maximum atomic E-state index is 12.2. The molecule has 0 aliphatic heterocycles. The molecule has 3 rings (SSSR count). The van der Waals surface area contributed by atoms with E-state index in [0.29, 0.717) is 30.3 Å². The summed E-state index contributed by atoms with van der Waals surface area (Å²) in [4.78, 5) is 23.9. The normalized spacial score (nSPS) is 14.2. The van der Waals surface area contributed by atoms with Gasteiger partial charge in [-0.25, -0.2) is 0 Å². The maximum Gasteiger partial charge on any atom is 0.258 e. The average Bonchev–Trinajstić information content (AvgIpc) is 3.50. The van der Waals surface area contributed by atoms with Crippen molar-refractivity contribution in [1.29, 1.82) is 0 Å². The van der Waals surface area contributed by atoms with Crippen molar-refractivity contribution >= 4 is 17.5 Å². The van der Waals surface area contributed by atoms with Gasteiger partial charge in [0.05, 0.1) is 6.04 Å². The standard InChI is InChI=1S/C22H27N3O3/c1-15(24-21(26)13-8-17-4-2-3-5-20(17)23)16-6-11-19(12-7-16)28-14-22(27)25-18-9-10-18/h2-7,11-12,15,18H,8-10,13-14,23H2,1H3,(H,24,26)(H,25,27). The largest absolute Gasteiger partial charge is 0.484 e. The highest BCUT2D eigenvalue weighted by molar-refractivity contribution is 5.78. The number of ether oxygens (including phenoxy) is 1. The van der Waals surface area contributed by atoms with Gasteiger partial charge >= 0.3 is 0 Å². The number of nitrogens with one attached hydrogen (secondary N) is 2. The first kappa shape index (κ1) is 19.7. The molecule has 4 N–H and O–H groups in total. The van der Waals surface area contributed by atoms with Crippen LogP contribution in [0, 0.1) is 0 Å². The van der Waals surface area contributed by atoms with Gasteiger partial charge in [0.1, 0.15) is 5.75 Å². The smallest absolute Gasteiger partial charge is 0.258 e. The van der Waals surface area contributed by atoms with E-state index in [4.69, 9.17) is 10.5 Å². The summed E-state index contributed by atoms with van der Waals surface area (Å²) in [6.45, 7) is 1.96. The number of nitrogens with two attached hydrogens (primary N) is 1. The molecule has 0 spiro atoms. The van der Waals surface area contributed by atoms with E-state index in [2.05, 4.69) is 10.6 Å². The third-order valence-electron chi connectivity index (χ3n) is 4.75. The molecule has 1 atom stereocenters. The zero-order chi connectivity index (χ0) is 19.9. The van der Waals surface area contributed by atoms with Crippen LogP contribution in [-0.2, 0) is 16.0 Å². The number of para-hydroxylation sites is 1. The van der Waals surface area contributed by atoms with Crippen LogP contribution in [0.2, 0.25) is 0 Å². The van der Waals surface area contributed by atoms with E-state index in [1.807, 2.05) is 55.5 Å². The Morgan fingerprint density at radius 3 is 2.50 bits per heavy atom. The monoisotopic (exact) mass is 381 g/mol. The summed E-state index contributed by atoms with van der Waals surface area (Å²) in [7, 11) is 0. The van der Waals surface area contributed by atoms with Crippen LogP contribution >= 0.6 is 0 Å². The van der Waals surface area contributed by atoms with Crippen molar-refractivity contribution in [3.63, 3.8) is 0 Å². The summed E-state index contributed by atoms with van der Waals surface area (Å²) in [5, 5.41) is 5.88. The predicted octanol–water partition coefficient (Wildman–Crippen LogP) is 2.74. The molecule has 2 aromatic rings. The van der Waals surface area contributed by atoms with Crippen LogP contribution in [0.15, 0.2) is 48.5 Å². The van der Waals surface area contributed by atoms with E-state index in [1.54, 1.807) is 0 Å². The molecule has 0 heterocycles. The van der Waals surface area contributed by atoms with Gasteiger partial charge in [-0.15, -0.1) is 0 Å². The summed E-state index contributed by atoms with van der Waals surface area (Å²) in [5.74, 6) is 0.520. The lowest BCUT2D eigenvalue weighted by atomic mass is 10.1. The summed E-state index contributed by atoms with van der Waals surface area (Å²) in [6, 6.07) is 15.2. The lowest BCUT2D eigenvalue weighted by Gasteiger charge is -2.15. The van der Waals surface area contributed by atoms with Crippen LogP contribution in [0.5, 0.6) is 5.75 Å². The molecule has 28 heavy (non-hydrogen) atoms. The zero-order valence-electron chi connectivity index (χ0n) is 16.1. The van der Waals surface area contributed by atoms with Crippen molar-refractivity contribution < 1.29 is 14.3 Å². The molecule has 6 nitrogen and oxygen atoms in total. The summed E-state index contributed by atoms with van der Waals surface area (Å²) < 4.78 is 5.50. The molecule has 0 radical (unpaired) electrons. The molecule has 1 aliphatic rings. The Bertz CT molecular complexity index is 816. The van der Waals surface area contributed by atoms with Gasteiger partial charge in [-0.3, -0.25) is 9.59 Å². The summed E-state index contributed by atoms with van der Waals surface area (Å²) in [5.41, 5.74) is 8.59. The lowest BCUT2D eigenvalue weighted by Crippen LogP contribution is -2.30. The van der Waals surface area contributed by atoms with Crippen LogP contribution in [0.25, 0.3) is 0 Å². The quantitative estimate of drug-likeness (QED) is 0.582. The number of benzene rings is 2. The molecule has 2 aromatic carbocycles. The molecule has 148 valence electrons. The number of anilines is 1. The first-order valence-corrected chi connectivity index (χ1v) is 9.66. The van der Waals surface area contributed by atoms with E-state index in [9.17, 15) is 9.59 Å². The van der Waals surface area contributed by atoms with E-state index < -0.39 is 0 Å². The summed E-state index contributed by atoms with van der Waals surface area (Å²) >= 11 is 0. The number of amides is 2. The Kier molecular flexibility index (Phi) is 6.53. The van der Waals surface area contributed by atoms with E-state index in [0.717, 1.165) is 24.0 Å². The molecule has 6 heteroatoms. The first-order valence-electron chi connectivity index (χ1n) is 9.66. The van der Waals surface area contributed by atoms with Gasteiger partial charge in [0.2, 0.25) is 5.91 Å². The van der Waals surface area contributed by atoms with E-state index in [-0.39, 0.29) is 24.5 Å². The molecule has 1 aliphatic carbocycles. The lowest BCUT2D eigenvalue weighted by molar-refractivity contribution is -0.123. The van der Waals surface area contributed by atoms with E-state index >= 15 is 0 Å². The highest BCUT2D eigenvalue weighted by Gasteiger charge is 2.23. The highest BCUT2D eigenvalue weighted by atomic mass is 16.5. The Morgan fingerprint density at radius 1 is 1.11 bits per heavy atom. The van der Waals surface area contributed by atoms with Crippen molar-refractivity contribution in [2.75, 3.05) is 12.3 Å². The number of nitrogen functional groups attached to an aromatic ring is 1. The first-order chi connectivity index (χ1) is 13.5. The van der Waals surface area contributed by atoms with Gasteiger partial charge in [0.25, 0.3) is 5.91 Å². The zero-order valence-corrected chi connectivity index (χ0v) is 16.1. The van der Waals surface area contributed by atoms with Gasteiger partial charge < -0.3 is 21.1 Å². The van der Waals surface area contributed by atoms with Gasteiger partial charge in [-0.05, 0) is 55.5 Å². The fourth-order valence-corrected chi connectivity index (χ4v) is 2.91. The third-order valence-corrected chi connectivity index (χ3v) is 4.75. The molecular formula is C22H27N3O3. The fraction of sp³-hybridized carbons (Fsp3) is 0.364. The third kappa shape index (κ3) is 6.01. The fourth-order valence-electron chi connectivity index (χ4n) is 2.91. The van der Waals surface area contributed by atoms with Gasteiger partial charge in [0, 0.05) is 18.2 Å². The van der Waals surface area contributed by atoms with Crippen LogP contribution in [0.4, 0.5) is 5.69 Å². The molecular weight excluding hydrogens is 354 g/mol. The Morgan fingerprint density at radius 2 is 1.82 bits per heavy atom. The van der Waals surface area contributed by atoms with Crippen molar-refractivity contribution in [3.05, 3.63) is 59.7 Å². The Labute approximate surface area is 165 Å². The average molecular weight is 381 g/mol. The maximum absolute atomic E-state index is 12.2. The molecule has 0 aromatic heterocycles. The second kappa shape index (κ2) is 9.26. The second-order valence-corrected chi connectivity index (χ2v) is 7.19.